The number of aryl methyl sites for hydroxylation is 1. The summed E-state index contributed by atoms with van der Waals surface area (Å²) in [6.07, 6.45) is 24.5. The van der Waals surface area contributed by atoms with Crippen molar-refractivity contribution in [2.45, 2.75) is 110 Å². The molecule has 0 N–H and O–H groups in total. The summed E-state index contributed by atoms with van der Waals surface area (Å²) in [6, 6.07) is 3.66. The maximum atomic E-state index is 15.0. The first-order valence-electron chi connectivity index (χ1n) is 14.4. The zero-order valence-corrected chi connectivity index (χ0v) is 21.6. The Balaban J connectivity index is 1.29. The lowest BCUT2D eigenvalue weighted by Gasteiger charge is -2.35. The molecule has 0 amide bonds. The van der Waals surface area contributed by atoms with Gasteiger partial charge in [-0.15, -0.1) is 0 Å². The normalized spacial score (nSPS) is 30.5. The van der Waals surface area contributed by atoms with Crippen LogP contribution in [0.2, 0.25) is 0 Å². The fourth-order valence-corrected chi connectivity index (χ4v) is 6.92. The Bertz CT molecular complexity index is 835. The van der Waals surface area contributed by atoms with Gasteiger partial charge in [-0.05, 0) is 98.5 Å². The highest BCUT2D eigenvalue weighted by Crippen LogP contribution is 2.42. The third kappa shape index (κ3) is 6.61. The maximum Gasteiger partial charge on any atom is 0.166 e. The fraction of sp³-hybridized carbons (Fsp3) is 0.688. The van der Waals surface area contributed by atoms with Crippen LogP contribution in [0.5, 0.6) is 0 Å². The molecule has 0 bridgehead atoms. The van der Waals surface area contributed by atoms with Crippen LogP contribution < -0.4 is 0 Å². The van der Waals surface area contributed by atoms with Gasteiger partial charge in [0.15, 0.2) is 11.6 Å². The summed E-state index contributed by atoms with van der Waals surface area (Å²) < 4.78 is 29.9. The molecule has 0 heterocycles. The van der Waals surface area contributed by atoms with Crippen LogP contribution in [0.4, 0.5) is 8.78 Å². The van der Waals surface area contributed by atoms with Crippen molar-refractivity contribution in [2.24, 2.45) is 29.6 Å². The van der Waals surface area contributed by atoms with Crippen LogP contribution in [-0.4, -0.2) is 0 Å². The van der Waals surface area contributed by atoms with Gasteiger partial charge in [0.2, 0.25) is 0 Å². The highest BCUT2D eigenvalue weighted by molar-refractivity contribution is 5.67. The average Bonchev–Trinajstić information content (AvgIpc) is 2.86. The summed E-state index contributed by atoms with van der Waals surface area (Å²) in [5.41, 5.74) is 2.03. The van der Waals surface area contributed by atoms with Crippen molar-refractivity contribution in [1.82, 2.24) is 0 Å². The number of benzene rings is 1. The molecule has 0 nitrogen and oxygen atoms in total. The molecule has 0 aromatic heterocycles. The minimum Gasteiger partial charge on any atom is -0.203 e. The van der Waals surface area contributed by atoms with E-state index in [9.17, 15) is 4.39 Å². The lowest BCUT2D eigenvalue weighted by molar-refractivity contribution is 0.189. The Morgan fingerprint density at radius 3 is 2.32 bits per heavy atom. The van der Waals surface area contributed by atoms with Crippen LogP contribution in [-0.2, 0) is 6.42 Å². The molecule has 0 radical (unpaired) electrons. The monoisotopic (exact) mass is 468 g/mol. The smallest absolute Gasteiger partial charge is 0.166 e. The molecule has 2 fully saturated rings. The molecule has 188 valence electrons. The summed E-state index contributed by atoms with van der Waals surface area (Å²) in [7, 11) is 0. The van der Waals surface area contributed by atoms with Gasteiger partial charge in [-0.3, -0.25) is 0 Å². The minimum absolute atomic E-state index is 0.498. The second-order valence-corrected chi connectivity index (χ2v) is 11.7. The van der Waals surface area contributed by atoms with Crippen molar-refractivity contribution < 1.29 is 8.78 Å². The summed E-state index contributed by atoms with van der Waals surface area (Å²) in [4.78, 5) is 0. The highest BCUT2D eigenvalue weighted by Gasteiger charge is 2.29. The van der Waals surface area contributed by atoms with E-state index in [0.717, 1.165) is 54.9 Å². The predicted octanol–water partition coefficient (Wildman–Crippen LogP) is 10.1. The first kappa shape index (κ1) is 25.6. The second kappa shape index (κ2) is 12.5. The summed E-state index contributed by atoms with van der Waals surface area (Å²) >= 11 is 0. The molecule has 0 aliphatic heterocycles. The van der Waals surface area contributed by atoms with Crippen molar-refractivity contribution in [1.29, 1.82) is 0 Å². The SMILES string of the molecule is CCCC1CCC(C2CC=C(c3ccc(CC/C=C/C4CCC(C)CC4)c(F)c3F)CC2)CC1. The molecule has 0 spiro atoms. The third-order valence-electron chi connectivity index (χ3n) is 9.26. The average molecular weight is 469 g/mol. The first-order chi connectivity index (χ1) is 16.5. The Morgan fingerprint density at radius 1 is 0.882 bits per heavy atom. The van der Waals surface area contributed by atoms with E-state index in [-0.39, 0.29) is 0 Å². The van der Waals surface area contributed by atoms with Crippen LogP contribution >= 0.6 is 0 Å². The quantitative estimate of drug-likeness (QED) is 0.333. The van der Waals surface area contributed by atoms with Gasteiger partial charge in [0.25, 0.3) is 0 Å². The van der Waals surface area contributed by atoms with Crippen LogP contribution in [0, 0.1) is 41.2 Å². The molecule has 2 saturated carbocycles. The molecule has 34 heavy (non-hydrogen) atoms. The Kier molecular flexibility index (Phi) is 9.43. The van der Waals surface area contributed by atoms with Gasteiger partial charge in [0.05, 0.1) is 0 Å². The Morgan fingerprint density at radius 2 is 1.65 bits per heavy atom. The summed E-state index contributed by atoms with van der Waals surface area (Å²) in [6.45, 7) is 4.63. The Labute approximate surface area is 207 Å². The van der Waals surface area contributed by atoms with E-state index >= 15 is 4.39 Å². The molecule has 1 aromatic carbocycles. The van der Waals surface area contributed by atoms with Gasteiger partial charge in [-0.25, -0.2) is 8.78 Å². The van der Waals surface area contributed by atoms with Gasteiger partial charge < -0.3 is 0 Å². The molecular weight excluding hydrogens is 422 g/mol. The van der Waals surface area contributed by atoms with Gasteiger partial charge in [0.1, 0.15) is 0 Å². The second-order valence-electron chi connectivity index (χ2n) is 11.7. The summed E-state index contributed by atoms with van der Waals surface area (Å²) in [5, 5.41) is 0. The van der Waals surface area contributed by atoms with Crippen LogP contribution in [0.15, 0.2) is 30.4 Å². The van der Waals surface area contributed by atoms with Gasteiger partial charge in [-0.2, -0.15) is 0 Å². The van der Waals surface area contributed by atoms with E-state index in [1.165, 1.54) is 64.2 Å². The van der Waals surface area contributed by atoms with E-state index in [1.54, 1.807) is 0 Å². The maximum absolute atomic E-state index is 15.0. The number of halogens is 2. The molecular formula is C32H46F2. The van der Waals surface area contributed by atoms with Crippen molar-refractivity contribution in [3.05, 3.63) is 53.1 Å². The van der Waals surface area contributed by atoms with Crippen molar-refractivity contribution >= 4 is 5.57 Å². The standard InChI is InChI=1S/C32H46F2/c1-3-6-24-13-15-26(16-14-24)27-17-19-28(20-18-27)30-22-21-29(31(33)32(30)34)8-5-4-7-25-11-9-23(2)10-12-25/h4,7,19,21-27H,3,5-6,8-18,20H2,1-2H3/b7-4+. The number of hydrogen-bond donors (Lipinski definition) is 0. The Hall–Kier alpha value is -1.44. The zero-order chi connectivity index (χ0) is 23.9. The third-order valence-corrected chi connectivity index (χ3v) is 9.26. The van der Waals surface area contributed by atoms with Crippen LogP contribution in [0.25, 0.3) is 5.57 Å². The topological polar surface area (TPSA) is 0 Å². The zero-order valence-electron chi connectivity index (χ0n) is 21.6. The molecule has 1 atom stereocenters. The van der Waals surface area contributed by atoms with E-state index in [1.807, 2.05) is 12.1 Å². The molecule has 3 aliphatic carbocycles. The lowest BCUT2D eigenvalue weighted by Crippen LogP contribution is -2.23. The summed E-state index contributed by atoms with van der Waals surface area (Å²) in [5.74, 6) is 2.78. The van der Waals surface area contributed by atoms with E-state index in [0.29, 0.717) is 23.5 Å². The van der Waals surface area contributed by atoms with Gasteiger partial charge in [-0.1, -0.05) is 82.7 Å². The number of allylic oxidation sites excluding steroid dienone is 4. The molecule has 4 rings (SSSR count). The molecule has 1 unspecified atom stereocenters. The van der Waals surface area contributed by atoms with Crippen molar-refractivity contribution in [3.63, 3.8) is 0 Å². The molecule has 2 heteroatoms. The minimum atomic E-state index is -0.632. The van der Waals surface area contributed by atoms with E-state index < -0.39 is 11.6 Å². The number of hydrogen-bond acceptors (Lipinski definition) is 0. The number of rotatable bonds is 8. The first-order valence-corrected chi connectivity index (χ1v) is 14.4. The van der Waals surface area contributed by atoms with Crippen LogP contribution in [0.1, 0.15) is 115 Å². The van der Waals surface area contributed by atoms with Crippen LogP contribution in [0.3, 0.4) is 0 Å². The van der Waals surface area contributed by atoms with Gasteiger partial charge >= 0.3 is 0 Å². The molecule has 1 aromatic rings. The molecule has 0 saturated heterocycles. The van der Waals surface area contributed by atoms with Crippen molar-refractivity contribution in [3.8, 4) is 0 Å². The largest absolute Gasteiger partial charge is 0.203 e. The van der Waals surface area contributed by atoms with E-state index in [2.05, 4.69) is 32.1 Å². The predicted molar refractivity (Wildman–Crippen MR) is 141 cm³/mol. The highest BCUT2D eigenvalue weighted by atomic mass is 19.2. The molecule has 3 aliphatic rings. The fourth-order valence-electron chi connectivity index (χ4n) is 6.92. The lowest BCUT2D eigenvalue weighted by atomic mass is 9.70. The van der Waals surface area contributed by atoms with E-state index in [4.69, 9.17) is 0 Å². The van der Waals surface area contributed by atoms with Crippen molar-refractivity contribution in [2.75, 3.05) is 0 Å². The van der Waals surface area contributed by atoms with Gasteiger partial charge in [0, 0.05) is 5.56 Å².